The lowest BCUT2D eigenvalue weighted by molar-refractivity contribution is -0.117. The third-order valence-electron chi connectivity index (χ3n) is 3.36. The number of hydrogen-bond donors (Lipinski definition) is 1. The fourth-order valence-corrected chi connectivity index (χ4v) is 2.49. The molecule has 18 heavy (non-hydrogen) atoms. The third kappa shape index (κ3) is 2.65. The zero-order valence-corrected chi connectivity index (χ0v) is 11.4. The van der Waals surface area contributed by atoms with Crippen LogP contribution in [0.25, 0.3) is 0 Å². The smallest absolute Gasteiger partial charge is 0.161 e. The molecule has 2 rings (SSSR count). The molecule has 0 aliphatic heterocycles. The molecule has 0 bridgehead atoms. The highest BCUT2D eigenvalue weighted by atomic mass is 35.5. The summed E-state index contributed by atoms with van der Waals surface area (Å²) in [5.74, 6) is 0.0155. The van der Waals surface area contributed by atoms with Gasteiger partial charge in [0.2, 0.25) is 0 Å². The number of rotatable bonds is 2. The van der Waals surface area contributed by atoms with Crippen LogP contribution in [-0.4, -0.2) is 10.9 Å². The Hall–Kier alpha value is -1.12. The quantitative estimate of drug-likeness (QED) is 0.885. The normalized spacial score (nSPS) is 20.4. The summed E-state index contributed by atoms with van der Waals surface area (Å²) in [5, 5.41) is 10.8. The molecule has 1 atom stereocenters. The lowest BCUT2D eigenvalue weighted by Crippen LogP contribution is -2.23. The number of aliphatic hydroxyl groups excluding tert-OH is 1. The van der Waals surface area contributed by atoms with Gasteiger partial charge in [0.05, 0.1) is 0 Å². The fourth-order valence-electron chi connectivity index (χ4n) is 2.25. The highest BCUT2D eigenvalue weighted by Gasteiger charge is 2.30. The number of aliphatic hydroxyl groups is 1. The molecule has 3 heteroatoms. The van der Waals surface area contributed by atoms with E-state index in [2.05, 4.69) is 13.8 Å². The minimum Gasteiger partial charge on any atom is -0.383 e. The Balaban J connectivity index is 2.39. The van der Waals surface area contributed by atoms with Gasteiger partial charge in [-0.25, -0.2) is 0 Å². The highest BCUT2D eigenvalue weighted by molar-refractivity contribution is 6.31. The zero-order chi connectivity index (χ0) is 13.3. The Morgan fingerprint density at radius 2 is 2.00 bits per heavy atom. The van der Waals surface area contributed by atoms with Gasteiger partial charge in [-0.05, 0) is 17.9 Å². The monoisotopic (exact) mass is 264 g/mol. The summed E-state index contributed by atoms with van der Waals surface area (Å²) in [7, 11) is 0. The van der Waals surface area contributed by atoms with Crippen molar-refractivity contribution in [3.8, 4) is 0 Å². The van der Waals surface area contributed by atoms with Crippen LogP contribution in [0.1, 0.15) is 38.4 Å². The minimum atomic E-state index is -0.925. The SMILES string of the molecule is CC1(C)C=C(C(O)c2ccccc2Cl)C(=O)CC1. The van der Waals surface area contributed by atoms with Gasteiger partial charge in [-0.1, -0.05) is 49.7 Å². The second-order valence-corrected chi connectivity index (χ2v) is 5.84. The molecule has 0 amide bonds. The standard InChI is InChI=1S/C15H17ClO2/c1-15(2)8-7-13(17)11(9-15)14(18)10-5-3-4-6-12(10)16/h3-6,9,14,18H,7-8H2,1-2H3. The number of carbonyl (C=O) groups excluding carboxylic acids is 1. The predicted molar refractivity (Wildman–Crippen MR) is 72.5 cm³/mol. The number of hydrogen-bond acceptors (Lipinski definition) is 2. The summed E-state index contributed by atoms with van der Waals surface area (Å²) in [6.45, 7) is 4.14. The first-order chi connectivity index (χ1) is 8.41. The van der Waals surface area contributed by atoms with Crippen molar-refractivity contribution in [2.45, 2.75) is 32.8 Å². The largest absolute Gasteiger partial charge is 0.383 e. The molecule has 0 fully saturated rings. The molecule has 0 saturated carbocycles. The van der Waals surface area contributed by atoms with Gasteiger partial charge in [0.1, 0.15) is 6.10 Å². The first kappa shape index (κ1) is 13.3. The molecule has 1 aromatic carbocycles. The van der Waals surface area contributed by atoms with E-state index in [9.17, 15) is 9.90 Å². The maximum Gasteiger partial charge on any atom is 0.161 e. The van der Waals surface area contributed by atoms with E-state index in [1.165, 1.54) is 0 Å². The summed E-state index contributed by atoms with van der Waals surface area (Å²) in [4.78, 5) is 11.9. The summed E-state index contributed by atoms with van der Waals surface area (Å²) < 4.78 is 0. The molecule has 0 saturated heterocycles. The van der Waals surface area contributed by atoms with Gasteiger partial charge in [0, 0.05) is 22.6 Å². The lowest BCUT2D eigenvalue weighted by atomic mass is 9.77. The molecule has 0 spiro atoms. The van der Waals surface area contributed by atoms with Crippen molar-refractivity contribution in [1.82, 2.24) is 0 Å². The Morgan fingerprint density at radius 3 is 2.67 bits per heavy atom. The van der Waals surface area contributed by atoms with Gasteiger partial charge < -0.3 is 5.11 Å². The van der Waals surface area contributed by atoms with Gasteiger partial charge in [0.25, 0.3) is 0 Å². The van der Waals surface area contributed by atoms with E-state index in [0.717, 1.165) is 6.42 Å². The van der Waals surface area contributed by atoms with E-state index in [4.69, 9.17) is 11.6 Å². The maximum atomic E-state index is 11.9. The third-order valence-corrected chi connectivity index (χ3v) is 3.70. The first-order valence-electron chi connectivity index (χ1n) is 6.09. The molecule has 1 aliphatic carbocycles. The Kier molecular flexibility index (Phi) is 3.60. The summed E-state index contributed by atoms with van der Waals surface area (Å²) in [6.07, 6.45) is 2.27. The van der Waals surface area contributed by atoms with Crippen LogP contribution in [0, 0.1) is 5.41 Å². The summed E-state index contributed by atoms with van der Waals surface area (Å²) >= 11 is 6.06. The average Bonchev–Trinajstić information content (AvgIpc) is 2.32. The molecule has 2 nitrogen and oxygen atoms in total. The van der Waals surface area contributed by atoms with Crippen molar-refractivity contribution in [2.75, 3.05) is 0 Å². The molecular weight excluding hydrogens is 248 g/mol. The van der Waals surface area contributed by atoms with Crippen LogP contribution in [0.5, 0.6) is 0 Å². The molecule has 1 N–H and O–H groups in total. The van der Waals surface area contributed by atoms with Crippen molar-refractivity contribution < 1.29 is 9.90 Å². The number of carbonyl (C=O) groups is 1. The van der Waals surface area contributed by atoms with Crippen LogP contribution >= 0.6 is 11.6 Å². The van der Waals surface area contributed by atoms with Gasteiger partial charge in [-0.2, -0.15) is 0 Å². The topological polar surface area (TPSA) is 37.3 Å². The van der Waals surface area contributed by atoms with E-state index in [0.29, 0.717) is 22.6 Å². The maximum absolute atomic E-state index is 11.9. The molecule has 96 valence electrons. The number of allylic oxidation sites excluding steroid dienone is 1. The van der Waals surface area contributed by atoms with Crippen molar-refractivity contribution in [2.24, 2.45) is 5.41 Å². The first-order valence-corrected chi connectivity index (χ1v) is 6.47. The molecular formula is C15H17ClO2. The molecule has 0 aromatic heterocycles. The van der Waals surface area contributed by atoms with Crippen LogP contribution in [-0.2, 0) is 4.79 Å². The van der Waals surface area contributed by atoms with Crippen LogP contribution in [0.15, 0.2) is 35.9 Å². The van der Waals surface area contributed by atoms with Crippen LogP contribution in [0.4, 0.5) is 0 Å². The molecule has 0 radical (unpaired) electrons. The number of halogens is 1. The van der Waals surface area contributed by atoms with Crippen LogP contribution < -0.4 is 0 Å². The molecule has 1 aliphatic rings. The summed E-state index contributed by atoms with van der Waals surface area (Å²) in [5.41, 5.74) is 1.02. The van der Waals surface area contributed by atoms with Crippen molar-refractivity contribution >= 4 is 17.4 Å². The van der Waals surface area contributed by atoms with Crippen LogP contribution in [0.2, 0.25) is 5.02 Å². The van der Waals surface area contributed by atoms with Crippen LogP contribution in [0.3, 0.4) is 0 Å². The van der Waals surface area contributed by atoms with Crippen molar-refractivity contribution in [1.29, 1.82) is 0 Å². The zero-order valence-electron chi connectivity index (χ0n) is 10.6. The van der Waals surface area contributed by atoms with E-state index in [-0.39, 0.29) is 11.2 Å². The summed E-state index contributed by atoms with van der Waals surface area (Å²) in [6, 6.07) is 7.09. The van der Waals surface area contributed by atoms with E-state index >= 15 is 0 Å². The number of Topliss-reactive ketones (excluding diaryl/α,β-unsaturated/α-hetero) is 1. The molecule has 1 unspecified atom stereocenters. The van der Waals surface area contributed by atoms with E-state index in [1.807, 2.05) is 12.1 Å². The van der Waals surface area contributed by atoms with Crippen molar-refractivity contribution in [3.05, 3.63) is 46.5 Å². The molecule has 1 aromatic rings. The Morgan fingerprint density at radius 1 is 1.33 bits per heavy atom. The Bertz CT molecular complexity index is 503. The average molecular weight is 265 g/mol. The van der Waals surface area contributed by atoms with Gasteiger partial charge in [0.15, 0.2) is 5.78 Å². The van der Waals surface area contributed by atoms with Crippen molar-refractivity contribution in [3.63, 3.8) is 0 Å². The Labute approximate surface area is 112 Å². The number of benzene rings is 1. The van der Waals surface area contributed by atoms with E-state index in [1.54, 1.807) is 18.2 Å². The predicted octanol–water partition coefficient (Wildman–Crippen LogP) is 3.69. The van der Waals surface area contributed by atoms with Gasteiger partial charge >= 0.3 is 0 Å². The van der Waals surface area contributed by atoms with E-state index < -0.39 is 6.10 Å². The molecule has 0 heterocycles. The minimum absolute atomic E-state index is 0.0155. The van der Waals surface area contributed by atoms with Gasteiger partial charge in [-0.3, -0.25) is 4.79 Å². The highest BCUT2D eigenvalue weighted by Crippen LogP contribution is 2.37. The second kappa shape index (κ2) is 4.87. The lowest BCUT2D eigenvalue weighted by Gasteiger charge is -2.28. The fraction of sp³-hybridized carbons (Fsp3) is 0.400. The number of ketones is 1. The van der Waals surface area contributed by atoms with Gasteiger partial charge in [-0.15, -0.1) is 0 Å². The second-order valence-electron chi connectivity index (χ2n) is 5.44.